The van der Waals surface area contributed by atoms with Gasteiger partial charge in [0.05, 0.1) is 6.54 Å². The van der Waals surface area contributed by atoms with E-state index in [0.717, 1.165) is 31.1 Å². The highest BCUT2D eigenvalue weighted by Crippen LogP contribution is 2.28. The number of hydrogen-bond acceptors (Lipinski definition) is 4. The Bertz CT molecular complexity index is 451. The van der Waals surface area contributed by atoms with Crippen molar-refractivity contribution in [2.75, 3.05) is 24.6 Å². The van der Waals surface area contributed by atoms with Gasteiger partial charge in [-0.3, -0.25) is 9.11 Å². The Hall–Kier alpha value is -0.260. The lowest BCUT2D eigenvalue weighted by atomic mass is 9.96. The molecule has 0 bridgehead atoms. The fourth-order valence-electron chi connectivity index (χ4n) is 2.28. The molecule has 2 unspecified atom stereocenters. The molecule has 1 aromatic heterocycles. The molecule has 0 spiro atoms. The third-order valence-electron chi connectivity index (χ3n) is 3.33. The topological polar surface area (TPSA) is 33.2 Å². The van der Waals surface area contributed by atoms with Gasteiger partial charge in [-0.25, -0.2) is 4.98 Å². The molecule has 1 fully saturated rings. The van der Waals surface area contributed by atoms with Crippen LogP contribution in [0, 0.1) is 5.92 Å². The molecular weight excluding hydrogens is 276 g/mol. The lowest BCUT2D eigenvalue weighted by Crippen LogP contribution is -2.28. The van der Waals surface area contributed by atoms with E-state index in [2.05, 4.69) is 37.6 Å². The molecule has 2 heterocycles. The van der Waals surface area contributed by atoms with Crippen LogP contribution in [0.1, 0.15) is 37.6 Å². The van der Waals surface area contributed by atoms with Crippen LogP contribution in [0.15, 0.2) is 6.20 Å². The SMILES string of the molecule is CC1CN(Cc2ncc(C(C)(C)C)s2)CCS(=O)C1. The molecule has 1 aliphatic heterocycles. The average molecular weight is 300 g/mol. The van der Waals surface area contributed by atoms with Gasteiger partial charge in [0.1, 0.15) is 5.01 Å². The summed E-state index contributed by atoms with van der Waals surface area (Å²) >= 11 is 1.81. The maximum atomic E-state index is 11.7. The molecular formula is C14H24N2OS2. The second-order valence-corrected chi connectivity index (χ2v) is 9.26. The third kappa shape index (κ3) is 4.36. The fourth-order valence-corrected chi connectivity index (χ4v) is 4.67. The smallest absolute Gasteiger partial charge is 0.107 e. The molecule has 2 atom stereocenters. The quantitative estimate of drug-likeness (QED) is 0.842. The largest absolute Gasteiger partial charge is 0.295 e. The molecule has 0 radical (unpaired) electrons. The van der Waals surface area contributed by atoms with Gasteiger partial charge in [0.15, 0.2) is 0 Å². The van der Waals surface area contributed by atoms with Crippen LogP contribution in [-0.2, 0) is 22.8 Å². The van der Waals surface area contributed by atoms with E-state index in [-0.39, 0.29) is 5.41 Å². The van der Waals surface area contributed by atoms with E-state index in [9.17, 15) is 4.21 Å². The van der Waals surface area contributed by atoms with Crippen molar-refractivity contribution in [1.82, 2.24) is 9.88 Å². The van der Waals surface area contributed by atoms with E-state index >= 15 is 0 Å². The van der Waals surface area contributed by atoms with E-state index < -0.39 is 10.8 Å². The van der Waals surface area contributed by atoms with Gasteiger partial charge in [-0.05, 0) is 11.3 Å². The number of thiazole rings is 1. The second kappa shape index (κ2) is 6.02. The van der Waals surface area contributed by atoms with E-state index in [1.807, 2.05) is 17.5 Å². The van der Waals surface area contributed by atoms with Gasteiger partial charge in [-0.15, -0.1) is 11.3 Å². The minimum atomic E-state index is -0.634. The monoisotopic (exact) mass is 300 g/mol. The Balaban J connectivity index is 2.00. The van der Waals surface area contributed by atoms with Crippen LogP contribution in [0.3, 0.4) is 0 Å². The van der Waals surface area contributed by atoms with Crippen molar-refractivity contribution in [2.45, 2.75) is 39.7 Å². The van der Waals surface area contributed by atoms with Crippen molar-refractivity contribution in [3.63, 3.8) is 0 Å². The lowest BCUT2D eigenvalue weighted by molar-refractivity contribution is 0.256. The van der Waals surface area contributed by atoms with Crippen LogP contribution in [-0.4, -0.2) is 38.7 Å². The summed E-state index contributed by atoms with van der Waals surface area (Å²) in [5.74, 6) is 2.18. The molecule has 0 amide bonds. The van der Waals surface area contributed by atoms with Gasteiger partial charge in [-0.1, -0.05) is 27.7 Å². The van der Waals surface area contributed by atoms with Gasteiger partial charge in [0.2, 0.25) is 0 Å². The first-order valence-electron chi connectivity index (χ1n) is 6.87. The molecule has 1 saturated heterocycles. The Kier molecular flexibility index (Phi) is 4.79. The first-order chi connectivity index (χ1) is 8.84. The Morgan fingerprint density at radius 3 is 2.89 bits per heavy atom. The summed E-state index contributed by atoms with van der Waals surface area (Å²) in [5.41, 5.74) is 0.184. The standard InChI is InChI=1S/C14H24N2OS2/c1-11-8-16(5-6-19(17)10-11)9-13-15-7-12(18-13)14(2,3)4/h7,11H,5-6,8-10H2,1-4H3. The molecule has 5 heteroatoms. The molecule has 19 heavy (non-hydrogen) atoms. The summed E-state index contributed by atoms with van der Waals surface area (Å²) in [7, 11) is -0.634. The Morgan fingerprint density at radius 2 is 2.26 bits per heavy atom. The van der Waals surface area contributed by atoms with Crippen molar-refractivity contribution in [1.29, 1.82) is 0 Å². The zero-order chi connectivity index (χ0) is 14.0. The van der Waals surface area contributed by atoms with E-state index in [4.69, 9.17) is 0 Å². The van der Waals surface area contributed by atoms with Crippen LogP contribution in [0.4, 0.5) is 0 Å². The summed E-state index contributed by atoms with van der Waals surface area (Å²) < 4.78 is 11.7. The van der Waals surface area contributed by atoms with Gasteiger partial charge >= 0.3 is 0 Å². The summed E-state index contributed by atoms with van der Waals surface area (Å²) in [4.78, 5) is 8.30. The molecule has 1 aromatic rings. The van der Waals surface area contributed by atoms with Gasteiger partial charge in [0, 0.05) is 46.5 Å². The van der Waals surface area contributed by atoms with Gasteiger partial charge < -0.3 is 0 Å². The molecule has 1 aliphatic rings. The minimum Gasteiger partial charge on any atom is -0.295 e. The molecule has 2 rings (SSSR count). The maximum Gasteiger partial charge on any atom is 0.107 e. The molecule has 0 saturated carbocycles. The number of aromatic nitrogens is 1. The predicted molar refractivity (Wildman–Crippen MR) is 83.1 cm³/mol. The first kappa shape index (κ1) is 15.1. The van der Waals surface area contributed by atoms with Crippen molar-refractivity contribution in [3.05, 3.63) is 16.1 Å². The van der Waals surface area contributed by atoms with E-state index in [1.54, 1.807) is 0 Å². The number of rotatable bonds is 2. The van der Waals surface area contributed by atoms with Crippen molar-refractivity contribution in [2.24, 2.45) is 5.92 Å². The van der Waals surface area contributed by atoms with Crippen LogP contribution in [0.25, 0.3) is 0 Å². The zero-order valence-corrected chi connectivity index (χ0v) is 13.9. The normalized spacial score (nSPS) is 26.3. The highest BCUT2D eigenvalue weighted by Gasteiger charge is 2.21. The summed E-state index contributed by atoms with van der Waals surface area (Å²) in [5, 5.41) is 1.19. The van der Waals surface area contributed by atoms with Crippen LogP contribution < -0.4 is 0 Å². The molecule has 0 aliphatic carbocycles. The van der Waals surface area contributed by atoms with Gasteiger partial charge in [0.25, 0.3) is 0 Å². The van der Waals surface area contributed by atoms with Crippen LogP contribution >= 0.6 is 11.3 Å². The highest BCUT2D eigenvalue weighted by molar-refractivity contribution is 7.85. The number of hydrogen-bond donors (Lipinski definition) is 0. The summed E-state index contributed by atoms with van der Waals surface area (Å²) in [6.45, 7) is 11.7. The zero-order valence-electron chi connectivity index (χ0n) is 12.3. The lowest BCUT2D eigenvalue weighted by Gasteiger charge is -2.20. The Labute approximate surface area is 122 Å². The van der Waals surface area contributed by atoms with E-state index in [0.29, 0.717) is 5.92 Å². The number of nitrogens with zero attached hydrogens (tertiary/aromatic N) is 2. The third-order valence-corrected chi connectivity index (χ3v) is 6.31. The van der Waals surface area contributed by atoms with Crippen LogP contribution in [0.2, 0.25) is 0 Å². The minimum absolute atomic E-state index is 0.184. The molecule has 0 N–H and O–H groups in total. The summed E-state index contributed by atoms with van der Waals surface area (Å²) in [6, 6.07) is 0. The summed E-state index contributed by atoms with van der Waals surface area (Å²) in [6.07, 6.45) is 2.01. The van der Waals surface area contributed by atoms with Crippen molar-refractivity contribution in [3.8, 4) is 0 Å². The maximum absolute atomic E-state index is 11.7. The van der Waals surface area contributed by atoms with Crippen LogP contribution in [0.5, 0.6) is 0 Å². The molecule has 108 valence electrons. The fraction of sp³-hybridized carbons (Fsp3) is 0.786. The molecule has 0 aromatic carbocycles. The van der Waals surface area contributed by atoms with E-state index in [1.165, 1.54) is 9.88 Å². The highest BCUT2D eigenvalue weighted by atomic mass is 32.2. The van der Waals surface area contributed by atoms with Gasteiger partial charge in [-0.2, -0.15) is 0 Å². The van der Waals surface area contributed by atoms with Crippen molar-refractivity contribution < 1.29 is 4.21 Å². The second-order valence-electron chi connectivity index (χ2n) is 6.52. The van der Waals surface area contributed by atoms with Crippen molar-refractivity contribution >= 4 is 22.1 Å². The first-order valence-corrected chi connectivity index (χ1v) is 9.17. The Morgan fingerprint density at radius 1 is 1.53 bits per heavy atom. The average Bonchev–Trinajstić information content (AvgIpc) is 2.67. The molecule has 3 nitrogen and oxygen atoms in total. The predicted octanol–water partition coefficient (Wildman–Crippen LogP) is 2.64.